The Labute approximate surface area is 181 Å². The van der Waals surface area contributed by atoms with Crippen molar-refractivity contribution in [1.29, 1.82) is 0 Å². The van der Waals surface area contributed by atoms with Gasteiger partial charge in [-0.2, -0.15) is 0 Å². The number of carbonyl (C=O) groups excluding carboxylic acids is 2. The van der Waals surface area contributed by atoms with E-state index in [4.69, 9.17) is 20.8 Å². The second kappa shape index (κ2) is 8.30. The lowest BCUT2D eigenvalue weighted by Crippen LogP contribution is -2.11. The monoisotopic (exact) mass is 440 g/mol. The maximum atomic E-state index is 12.6. The molecule has 0 saturated carbocycles. The van der Waals surface area contributed by atoms with Gasteiger partial charge < -0.3 is 9.15 Å². The van der Waals surface area contributed by atoms with Crippen LogP contribution in [0.4, 0.5) is 5.13 Å². The third-order valence-corrected chi connectivity index (χ3v) is 5.29. The van der Waals surface area contributed by atoms with Crippen LogP contribution in [0.5, 0.6) is 0 Å². The number of hydrogen-bond donors (Lipinski definition) is 1. The van der Waals surface area contributed by atoms with Crippen molar-refractivity contribution in [2.75, 3.05) is 5.32 Å². The minimum atomic E-state index is -0.415. The molecule has 152 valence electrons. The summed E-state index contributed by atoms with van der Waals surface area (Å²) in [5.41, 5.74) is 1.90. The molecule has 0 aliphatic heterocycles. The first-order valence-electron chi connectivity index (χ1n) is 9.18. The predicted molar refractivity (Wildman–Crippen MR) is 117 cm³/mol. The van der Waals surface area contributed by atoms with E-state index in [0.717, 1.165) is 10.3 Å². The number of anilines is 1. The van der Waals surface area contributed by atoms with Gasteiger partial charge in [-0.1, -0.05) is 35.1 Å². The molecule has 4 aromatic rings. The highest BCUT2D eigenvalue weighted by Crippen LogP contribution is 2.29. The lowest BCUT2D eigenvalue weighted by molar-refractivity contribution is 0.0378. The average Bonchev–Trinajstić information content (AvgIpc) is 3.33. The van der Waals surface area contributed by atoms with Gasteiger partial charge >= 0.3 is 5.97 Å². The van der Waals surface area contributed by atoms with Crippen LogP contribution in [0.25, 0.3) is 21.5 Å². The van der Waals surface area contributed by atoms with Gasteiger partial charge in [-0.3, -0.25) is 10.1 Å². The van der Waals surface area contributed by atoms with E-state index in [-0.39, 0.29) is 11.9 Å². The summed E-state index contributed by atoms with van der Waals surface area (Å²) in [6.07, 6.45) is -0.199. The molecule has 0 saturated heterocycles. The summed E-state index contributed by atoms with van der Waals surface area (Å²) in [5, 5.41) is 3.73. The van der Waals surface area contributed by atoms with E-state index < -0.39 is 11.9 Å². The standard InChI is InChI=1S/C22H17ClN2O4S/c1-12(2)28-21(27)14-6-7-16-19(11-14)30-22(24-16)25-20(26)18-9-8-17(29-18)13-4-3-5-15(23)10-13/h3-12H,1-2H3,(H,24,25,26). The number of benzene rings is 2. The second-order valence-corrected chi connectivity index (χ2v) is 8.25. The van der Waals surface area contributed by atoms with E-state index in [1.165, 1.54) is 11.3 Å². The summed E-state index contributed by atoms with van der Waals surface area (Å²) in [7, 11) is 0. The molecule has 6 nitrogen and oxygen atoms in total. The van der Waals surface area contributed by atoms with Crippen molar-refractivity contribution < 1.29 is 18.7 Å². The molecule has 2 aromatic carbocycles. The van der Waals surface area contributed by atoms with Gasteiger partial charge in [-0.15, -0.1) is 0 Å². The Morgan fingerprint density at radius 1 is 1.13 bits per heavy atom. The number of nitrogens with zero attached hydrogens (tertiary/aromatic N) is 1. The Morgan fingerprint density at radius 3 is 2.73 bits per heavy atom. The predicted octanol–water partition coefficient (Wildman–Crippen LogP) is 6.03. The number of rotatable bonds is 5. The van der Waals surface area contributed by atoms with Crippen molar-refractivity contribution in [2.45, 2.75) is 20.0 Å². The molecule has 0 aliphatic carbocycles. The summed E-state index contributed by atoms with van der Waals surface area (Å²) < 4.78 is 11.6. The van der Waals surface area contributed by atoms with Gasteiger partial charge in [0.1, 0.15) is 5.76 Å². The fraction of sp³-hybridized carbons (Fsp3) is 0.136. The van der Waals surface area contributed by atoms with Crippen molar-refractivity contribution in [3.63, 3.8) is 0 Å². The number of nitrogens with one attached hydrogen (secondary N) is 1. The first-order chi connectivity index (χ1) is 14.4. The minimum absolute atomic E-state index is 0.158. The Kier molecular flexibility index (Phi) is 5.57. The number of hydrogen-bond acceptors (Lipinski definition) is 6. The van der Waals surface area contributed by atoms with Crippen LogP contribution in [0.2, 0.25) is 5.02 Å². The van der Waals surface area contributed by atoms with Crippen LogP contribution in [0, 0.1) is 0 Å². The molecule has 0 aliphatic rings. The number of esters is 1. The van der Waals surface area contributed by atoms with Gasteiger partial charge in [0.25, 0.3) is 5.91 Å². The zero-order valence-corrected chi connectivity index (χ0v) is 17.7. The Morgan fingerprint density at radius 2 is 1.97 bits per heavy atom. The first-order valence-corrected chi connectivity index (χ1v) is 10.4. The molecule has 0 radical (unpaired) electrons. The quantitative estimate of drug-likeness (QED) is 0.383. The SMILES string of the molecule is CC(C)OC(=O)c1ccc2nc(NC(=O)c3ccc(-c4cccc(Cl)c4)o3)sc2c1. The molecule has 8 heteroatoms. The number of amides is 1. The molecular weight excluding hydrogens is 424 g/mol. The van der Waals surface area contributed by atoms with Crippen molar-refractivity contribution in [2.24, 2.45) is 0 Å². The van der Waals surface area contributed by atoms with Crippen molar-refractivity contribution in [1.82, 2.24) is 4.98 Å². The summed E-state index contributed by atoms with van der Waals surface area (Å²) in [6.45, 7) is 3.59. The number of fused-ring (bicyclic) bond motifs is 1. The highest BCUT2D eigenvalue weighted by molar-refractivity contribution is 7.22. The van der Waals surface area contributed by atoms with Crippen molar-refractivity contribution in [3.05, 3.63) is 70.9 Å². The molecule has 0 spiro atoms. The number of halogens is 1. The third kappa shape index (κ3) is 4.37. The lowest BCUT2D eigenvalue weighted by atomic mass is 10.2. The topological polar surface area (TPSA) is 81.4 Å². The Bertz CT molecular complexity index is 1240. The molecule has 1 N–H and O–H groups in total. The largest absolute Gasteiger partial charge is 0.459 e. The molecule has 0 unspecified atom stereocenters. The van der Waals surface area contributed by atoms with E-state index in [9.17, 15) is 9.59 Å². The van der Waals surface area contributed by atoms with E-state index in [1.54, 1.807) is 56.3 Å². The average molecular weight is 441 g/mol. The van der Waals surface area contributed by atoms with Crippen LogP contribution in [-0.4, -0.2) is 23.0 Å². The number of carbonyl (C=O) groups is 2. The Balaban J connectivity index is 1.51. The van der Waals surface area contributed by atoms with Gasteiger partial charge in [0, 0.05) is 10.6 Å². The van der Waals surface area contributed by atoms with Crippen LogP contribution in [0.15, 0.2) is 59.0 Å². The summed E-state index contributed by atoms with van der Waals surface area (Å²) in [6, 6.07) is 15.6. The number of thiazole rings is 1. The van der Waals surface area contributed by atoms with Crippen LogP contribution in [0.1, 0.15) is 34.8 Å². The fourth-order valence-corrected chi connectivity index (χ4v) is 3.89. The smallest absolute Gasteiger partial charge is 0.338 e. The zero-order valence-electron chi connectivity index (χ0n) is 16.1. The van der Waals surface area contributed by atoms with Gasteiger partial charge in [-0.25, -0.2) is 9.78 Å². The maximum absolute atomic E-state index is 12.6. The van der Waals surface area contributed by atoms with E-state index >= 15 is 0 Å². The molecule has 0 fully saturated rings. The summed E-state index contributed by atoms with van der Waals surface area (Å²) >= 11 is 7.27. The maximum Gasteiger partial charge on any atom is 0.338 e. The van der Waals surface area contributed by atoms with Crippen LogP contribution >= 0.6 is 22.9 Å². The van der Waals surface area contributed by atoms with Crippen LogP contribution in [0.3, 0.4) is 0 Å². The molecule has 2 aromatic heterocycles. The zero-order chi connectivity index (χ0) is 21.3. The molecule has 4 rings (SSSR count). The Hall–Kier alpha value is -3.16. The summed E-state index contributed by atoms with van der Waals surface area (Å²) in [5.74, 6) is -0.109. The van der Waals surface area contributed by atoms with E-state index in [2.05, 4.69) is 10.3 Å². The molecule has 0 atom stereocenters. The van der Waals surface area contributed by atoms with Crippen molar-refractivity contribution >= 4 is 50.2 Å². The van der Waals surface area contributed by atoms with Crippen molar-refractivity contribution in [3.8, 4) is 11.3 Å². The van der Waals surface area contributed by atoms with Gasteiger partial charge in [-0.05, 0) is 56.3 Å². The highest BCUT2D eigenvalue weighted by atomic mass is 35.5. The molecule has 30 heavy (non-hydrogen) atoms. The van der Waals surface area contributed by atoms with Gasteiger partial charge in [0.2, 0.25) is 0 Å². The van der Waals surface area contributed by atoms with Crippen LogP contribution < -0.4 is 5.32 Å². The van der Waals surface area contributed by atoms with E-state index in [1.807, 2.05) is 12.1 Å². The first kappa shape index (κ1) is 20.1. The number of ether oxygens (including phenoxy) is 1. The highest BCUT2D eigenvalue weighted by Gasteiger charge is 2.16. The lowest BCUT2D eigenvalue weighted by Gasteiger charge is -2.07. The number of furan rings is 1. The van der Waals surface area contributed by atoms with E-state index in [0.29, 0.717) is 27.0 Å². The summed E-state index contributed by atoms with van der Waals surface area (Å²) in [4.78, 5) is 29.0. The molecule has 0 bridgehead atoms. The minimum Gasteiger partial charge on any atom is -0.459 e. The fourth-order valence-electron chi connectivity index (χ4n) is 2.80. The normalized spacial score (nSPS) is 11.1. The second-order valence-electron chi connectivity index (χ2n) is 6.78. The van der Waals surface area contributed by atoms with Crippen LogP contribution in [-0.2, 0) is 4.74 Å². The van der Waals surface area contributed by atoms with Gasteiger partial charge in [0.05, 0.1) is 21.9 Å². The molecular formula is C22H17ClN2O4S. The third-order valence-electron chi connectivity index (χ3n) is 4.13. The number of aromatic nitrogens is 1. The molecule has 1 amide bonds. The molecule has 2 heterocycles. The van der Waals surface area contributed by atoms with Gasteiger partial charge in [0.15, 0.2) is 10.9 Å².